The number of carbonyl (C=O) groups is 1. The minimum Gasteiger partial charge on any atom is -0.478 e. The van der Waals surface area contributed by atoms with Gasteiger partial charge in [-0.05, 0) is 71.4 Å². The molecule has 2 fully saturated rings. The normalized spacial score (nSPS) is 25.1. The van der Waals surface area contributed by atoms with Crippen LogP contribution >= 0.6 is 0 Å². The number of allylic oxidation sites excluding steroid dienone is 3. The van der Waals surface area contributed by atoms with Crippen molar-refractivity contribution in [2.75, 3.05) is 31.1 Å². The van der Waals surface area contributed by atoms with E-state index in [4.69, 9.17) is 0 Å². The van der Waals surface area contributed by atoms with Crippen LogP contribution in [0.4, 0.5) is 5.69 Å². The summed E-state index contributed by atoms with van der Waals surface area (Å²) >= 11 is 0. The average molecular weight is 453 g/mol. The zero-order valence-corrected chi connectivity index (χ0v) is 20.3. The predicted octanol–water partition coefficient (Wildman–Crippen LogP) is 5.65. The van der Waals surface area contributed by atoms with E-state index in [0.717, 1.165) is 48.5 Å². The molecule has 2 aliphatic carbocycles. The molecule has 2 aliphatic heterocycles. The van der Waals surface area contributed by atoms with Crippen LogP contribution < -0.4 is 4.90 Å². The number of anilines is 1. The number of carboxylic acid groups (broad SMARTS) is 1. The molecule has 34 heavy (non-hydrogen) atoms. The highest BCUT2D eigenvalue weighted by Gasteiger charge is 2.43. The van der Waals surface area contributed by atoms with E-state index in [-0.39, 0.29) is 11.0 Å². The summed E-state index contributed by atoms with van der Waals surface area (Å²) in [5.74, 6) is -0.886. The van der Waals surface area contributed by atoms with Gasteiger partial charge in [-0.3, -0.25) is 4.90 Å². The molecule has 0 amide bonds. The standard InChI is InChI=1S/C30H32N2O2/c1-29(2)25-18-20(31-14-6-15-31)10-11-23(25)27(21-8-4-5-9-22(21)28(33)34)24-12-13-30(3,19-26(24)29)32-16-7-17-32/h4-5,8-13,18-19H,6-7,14-17H2,1-3H3,(H,33,34). The maximum atomic E-state index is 12.2. The number of hydrogen-bond acceptors (Lipinski definition) is 3. The summed E-state index contributed by atoms with van der Waals surface area (Å²) < 4.78 is 0. The number of aromatic carboxylic acids is 1. The lowest BCUT2D eigenvalue weighted by atomic mass is 9.62. The topological polar surface area (TPSA) is 43.8 Å². The molecule has 2 aromatic carbocycles. The largest absolute Gasteiger partial charge is 0.478 e. The molecule has 2 heterocycles. The van der Waals surface area contributed by atoms with Crippen LogP contribution in [0.25, 0.3) is 5.57 Å². The number of likely N-dealkylation sites (tertiary alicyclic amines) is 1. The highest BCUT2D eigenvalue weighted by molar-refractivity contribution is 6.01. The Labute approximate surface area is 201 Å². The Morgan fingerprint density at radius 3 is 2.32 bits per heavy atom. The van der Waals surface area contributed by atoms with Gasteiger partial charge in [-0.25, -0.2) is 4.79 Å². The highest BCUT2D eigenvalue weighted by atomic mass is 16.4. The fourth-order valence-corrected chi connectivity index (χ4v) is 6.00. The molecule has 0 saturated carbocycles. The Hall–Kier alpha value is -3.11. The Morgan fingerprint density at radius 1 is 0.941 bits per heavy atom. The van der Waals surface area contributed by atoms with Crippen LogP contribution in [0, 0.1) is 0 Å². The Bertz CT molecular complexity index is 1290. The molecule has 0 aromatic heterocycles. The summed E-state index contributed by atoms with van der Waals surface area (Å²) in [6.07, 6.45) is 9.51. The second kappa shape index (κ2) is 7.44. The molecule has 1 unspecified atom stereocenters. The van der Waals surface area contributed by atoms with E-state index < -0.39 is 5.97 Å². The van der Waals surface area contributed by atoms with E-state index in [0.29, 0.717) is 5.56 Å². The van der Waals surface area contributed by atoms with Crippen LogP contribution in [0.1, 0.15) is 60.7 Å². The molecule has 2 saturated heterocycles. The number of nitrogens with zero attached hydrogens (tertiary/aromatic N) is 2. The van der Waals surface area contributed by atoms with Gasteiger partial charge in [0.25, 0.3) is 0 Å². The van der Waals surface area contributed by atoms with Crippen molar-refractivity contribution in [3.05, 3.63) is 94.1 Å². The van der Waals surface area contributed by atoms with Crippen LogP contribution in [0.5, 0.6) is 0 Å². The quantitative estimate of drug-likeness (QED) is 0.651. The minimum absolute atomic E-state index is 0.113. The Balaban J connectivity index is 1.63. The molecule has 0 bridgehead atoms. The van der Waals surface area contributed by atoms with Gasteiger partial charge in [-0.15, -0.1) is 0 Å². The maximum absolute atomic E-state index is 12.2. The number of hydrogen-bond donors (Lipinski definition) is 1. The van der Waals surface area contributed by atoms with Crippen molar-refractivity contribution < 1.29 is 9.90 Å². The fourth-order valence-electron chi connectivity index (χ4n) is 6.00. The third kappa shape index (κ3) is 3.05. The number of benzene rings is 2. The van der Waals surface area contributed by atoms with Crippen molar-refractivity contribution in [3.63, 3.8) is 0 Å². The molecule has 1 atom stereocenters. The van der Waals surface area contributed by atoms with Gasteiger partial charge in [-0.2, -0.15) is 0 Å². The minimum atomic E-state index is -0.886. The highest BCUT2D eigenvalue weighted by Crippen LogP contribution is 2.52. The summed E-state index contributed by atoms with van der Waals surface area (Å²) in [4.78, 5) is 17.2. The van der Waals surface area contributed by atoms with E-state index in [1.807, 2.05) is 18.2 Å². The van der Waals surface area contributed by atoms with Gasteiger partial charge in [-0.1, -0.05) is 56.3 Å². The first kappa shape index (κ1) is 21.4. The van der Waals surface area contributed by atoms with Crippen molar-refractivity contribution in [3.8, 4) is 0 Å². The predicted molar refractivity (Wildman–Crippen MR) is 138 cm³/mol. The molecule has 6 rings (SSSR count). The van der Waals surface area contributed by atoms with Gasteiger partial charge in [0.1, 0.15) is 0 Å². The first-order valence-electron chi connectivity index (χ1n) is 12.4. The third-order valence-corrected chi connectivity index (χ3v) is 8.39. The summed E-state index contributed by atoms with van der Waals surface area (Å²) in [7, 11) is 0. The fraction of sp³-hybridized carbons (Fsp3) is 0.367. The molecular formula is C30H32N2O2. The second-order valence-corrected chi connectivity index (χ2v) is 10.8. The van der Waals surface area contributed by atoms with Crippen molar-refractivity contribution >= 4 is 17.2 Å². The smallest absolute Gasteiger partial charge is 0.336 e. The lowest BCUT2D eigenvalue weighted by Gasteiger charge is -2.48. The van der Waals surface area contributed by atoms with Crippen LogP contribution in [0.15, 0.2) is 71.8 Å². The van der Waals surface area contributed by atoms with Gasteiger partial charge in [0.15, 0.2) is 0 Å². The van der Waals surface area contributed by atoms with E-state index in [1.165, 1.54) is 29.7 Å². The van der Waals surface area contributed by atoms with Gasteiger partial charge < -0.3 is 10.0 Å². The summed E-state index contributed by atoms with van der Waals surface area (Å²) in [6, 6.07) is 14.2. The Morgan fingerprint density at radius 2 is 1.68 bits per heavy atom. The van der Waals surface area contributed by atoms with Gasteiger partial charge in [0, 0.05) is 37.3 Å². The first-order valence-corrected chi connectivity index (χ1v) is 12.4. The zero-order chi connectivity index (χ0) is 23.7. The zero-order valence-electron chi connectivity index (χ0n) is 20.3. The maximum Gasteiger partial charge on any atom is 0.336 e. The van der Waals surface area contributed by atoms with Crippen molar-refractivity contribution in [2.24, 2.45) is 0 Å². The molecule has 2 aromatic rings. The molecule has 1 N–H and O–H groups in total. The van der Waals surface area contributed by atoms with E-state index in [9.17, 15) is 9.90 Å². The van der Waals surface area contributed by atoms with Crippen molar-refractivity contribution in [2.45, 2.75) is 44.6 Å². The third-order valence-electron chi connectivity index (χ3n) is 8.39. The summed E-state index contributed by atoms with van der Waals surface area (Å²) in [6.45, 7) is 11.4. The lowest BCUT2D eigenvalue weighted by molar-refractivity contribution is 0.0696. The van der Waals surface area contributed by atoms with Crippen LogP contribution in [-0.2, 0) is 5.41 Å². The molecule has 4 aliphatic rings. The van der Waals surface area contributed by atoms with E-state index in [1.54, 1.807) is 6.07 Å². The van der Waals surface area contributed by atoms with Crippen molar-refractivity contribution in [1.82, 2.24) is 4.90 Å². The number of carboxylic acids is 1. The average Bonchev–Trinajstić information content (AvgIpc) is 2.72. The molecule has 0 spiro atoms. The molecular weight excluding hydrogens is 420 g/mol. The summed E-state index contributed by atoms with van der Waals surface area (Å²) in [5.41, 5.74) is 8.03. The number of fused-ring (bicyclic) bond motifs is 2. The molecule has 174 valence electrons. The number of rotatable bonds is 4. The lowest BCUT2D eigenvalue weighted by Crippen LogP contribution is -2.52. The SMILES string of the molecule is CC1(C)C2=CC(C)(N3CCC3)C=CC2=C(c2ccccc2C(=O)O)c2ccc(N3CCC3)cc21. The van der Waals surface area contributed by atoms with Crippen molar-refractivity contribution in [1.29, 1.82) is 0 Å². The molecule has 4 nitrogen and oxygen atoms in total. The van der Waals surface area contributed by atoms with Gasteiger partial charge >= 0.3 is 5.97 Å². The monoisotopic (exact) mass is 452 g/mol. The van der Waals surface area contributed by atoms with Gasteiger partial charge in [0.05, 0.1) is 11.1 Å². The second-order valence-electron chi connectivity index (χ2n) is 10.8. The van der Waals surface area contributed by atoms with Crippen LogP contribution in [0.3, 0.4) is 0 Å². The van der Waals surface area contributed by atoms with E-state index >= 15 is 0 Å². The molecule has 0 radical (unpaired) electrons. The summed E-state index contributed by atoms with van der Waals surface area (Å²) in [5, 5.41) is 10.0. The van der Waals surface area contributed by atoms with Crippen LogP contribution in [-0.4, -0.2) is 47.7 Å². The molecule has 4 heteroatoms. The Kier molecular flexibility index (Phi) is 4.69. The van der Waals surface area contributed by atoms with E-state index in [2.05, 4.69) is 67.0 Å². The van der Waals surface area contributed by atoms with Crippen LogP contribution in [0.2, 0.25) is 0 Å². The van der Waals surface area contributed by atoms with Gasteiger partial charge in [0.2, 0.25) is 0 Å². The first-order chi connectivity index (χ1) is 16.3.